The number of carbonyl (C=O) groups excluding carboxylic acids is 1. The van der Waals surface area contributed by atoms with E-state index in [4.69, 9.17) is 5.73 Å². The topological polar surface area (TPSA) is 101 Å². The van der Waals surface area contributed by atoms with E-state index in [0.29, 0.717) is 24.2 Å². The number of amides is 1. The third kappa shape index (κ3) is 3.48. The zero-order valence-corrected chi connectivity index (χ0v) is 13.3. The molecule has 0 aliphatic heterocycles. The molecule has 0 bridgehead atoms. The van der Waals surface area contributed by atoms with Gasteiger partial charge in [-0.2, -0.15) is 0 Å². The van der Waals surface area contributed by atoms with Gasteiger partial charge in [0.1, 0.15) is 10.7 Å². The minimum Gasteiger partial charge on any atom is -0.352 e. The molecular formula is C14H20N4O2S. The smallest absolute Gasteiger partial charge is 0.259 e. The van der Waals surface area contributed by atoms with E-state index in [1.54, 1.807) is 0 Å². The molecule has 0 spiro atoms. The van der Waals surface area contributed by atoms with Crippen LogP contribution in [0.25, 0.3) is 10.2 Å². The molecule has 7 heteroatoms. The van der Waals surface area contributed by atoms with Crippen LogP contribution in [-0.4, -0.2) is 28.5 Å². The number of aromatic amines is 1. The van der Waals surface area contributed by atoms with Crippen LogP contribution in [0.1, 0.15) is 29.6 Å². The summed E-state index contributed by atoms with van der Waals surface area (Å²) in [6, 6.07) is -0.0467. The monoisotopic (exact) mass is 308 g/mol. The van der Waals surface area contributed by atoms with Gasteiger partial charge in [-0.3, -0.25) is 9.59 Å². The van der Waals surface area contributed by atoms with Crippen LogP contribution in [0.5, 0.6) is 0 Å². The number of hydrogen-bond acceptors (Lipinski definition) is 5. The maximum absolute atomic E-state index is 12.1. The Balaban J connectivity index is 2.13. The minimum absolute atomic E-state index is 0.0467. The van der Waals surface area contributed by atoms with Crippen LogP contribution in [0.3, 0.4) is 0 Å². The highest BCUT2D eigenvalue weighted by Crippen LogP contribution is 2.25. The van der Waals surface area contributed by atoms with Crippen LogP contribution in [0.2, 0.25) is 0 Å². The number of carbonyl (C=O) groups is 1. The molecule has 4 N–H and O–H groups in total. The Hall–Kier alpha value is -1.73. The molecule has 21 heavy (non-hydrogen) atoms. The SMILES string of the molecule is Cc1sc2nc(CCC(=O)N[C@@H](C)CN)[nH]c(=O)c2c1C. The summed E-state index contributed by atoms with van der Waals surface area (Å²) in [7, 11) is 0. The Labute approximate surface area is 126 Å². The first-order chi connectivity index (χ1) is 9.92. The Morgan fingerprint density at radius 2 is 2.19 bits per heavy atom. The van der Waals surface area contributed by atoms with E-state index in [-0.39, 0.29) is 23.9 Å². The fraction of sp³-hybridized carbons (Fsp3) is 0.500. The number of nitrogens with one attached hydrogen (secondary N) is 2. The van der Waals surface area contributed by atoms with Crippen molar-refractivity contribution >= 4 is 27.5 Å². The van der Waals surface area contributed by atoms with Crippen molar-refractivity contribution in [3.05, 3.63) is 26.6 Å². The van der Waals surface area contributed by atoms with Crippen molar-refractivity contribution in [1.29, 1.82) is 0 Å². The second kappa shape index (κ2) is 6.36. The summed E-state index contributed by atoms with van der Waals surface area (Å²) < 4.78 is 0. The van der Waals surface area contributed by atoms with Gasteiger partial charge in [-0.1, -0.05) is 0 Å². The standard InChI is InChI=1S/C14H20N4O2S/c1-7(6-15)16-11(19)5-4-10-17-13(20)12-8(2)9(3)21-14(12)18-10/h7H,4-6,15H2,1-3H3,(H,16,19)(H,17,18,20)/t7-/m0/s1. The zero-order chi connectivity index (χ0) is 15.6. The summed E-state index contributed by atoms with van der Waals surface area (Å²) in [6.07, 6.45) is 0.687. The van der Waals surface area contributed by atoms with Crippen LogP contribution in [0.4, 0.5) is 0 Å². The lowest BCUT2D eigenvalue weighted by Gasteiger charge is -2.10. The molecule has 2 heterocycles. The molecule has 2 aromatic rings. The van der Waals surface area contributed by atoms with Crippen molar-refractivity contribution < 1.29 is 4.79 Å². The first-order valence-electron chi connectivity index (χ1n) is 6.90. The molecule has 0 unspecified atom stereocenters. The molecule has 0 aliphatic carbocycles. The molecule has 0 saturated heterocycles. The van der Waals surface area contributed by atoms with Crippen LogP contribution in [0, 0.1) is 13.8 Å². The predicted molar refractivity (Wildman–Crippen MR) is 84.7 cm³/mol. The molecule has 0 fully saturated rings. The normalized spacial score (nSPS) is 12.6. The molecule has 1 amide bonds. The van der Waals surface area contributed by atoms with Crippen molar-refractivity contribution in [2.75, 3.05) is 6.54 Å². The van der Waals surface area contributed by atoms with Gasteiger partial charge in [0.25, 0.3) is 5.56 Å². The summed E-state index contributed by atoms with van der Waals surface area (Å²) in [4.78, 5) is 32.8. The number of rotatable bonds is 5. The molecule has 2 aromatic heterocycles. The maximum Gasteiger partial charge on any atom is 0.259 e. The van der Waals surface area contributed by atoms with Crippen molar-refractivity contribution in [3.8, 4) is 0 Å². The summed E-state index contributed by atoms with van der Waals surface area (Å²) in [6.45, 7) is 6.15. The Kier molecular flexibility index (Phi) is 4.74. The number of aromatic nitrogens is 2. The summed E-state index contributed by atoms with van der Waals surface area (Å²) in [5.74, 6) is 0.457. The quantitative estimate of drug-likeness (QED) is 0.767. The van der Waals surface area contributed by atoms with Gasteiger partial charge < -0.3 is 16.0 Å². The first kappa shape index (κ1) is 15.7. The van der Waals surface area contributed by atoms with Gasteiger partial charge in [-0.25, -0.2) is 4.98 Å². The van der Waals surface area contributed by atoms with Gasteiger partial charge in [0, 0.05) is 30.3 Å². The molecule has 1 atom stereocenters. The average molecular weight is 308 g/mol. The molecular weight excluding hydrogens is 288 g/mol. The first-order valence-corrected chi connectivity index (χ1v) is 7.72. The van der Waals surface area contributed by atoms with E-state index in [2.05, 4.69) is 15.3 Å². The van der Waals surface area contributed by atoms with Crippen molar-refractivity contribution in [2.45, 2.75) is 39.7 Å². The Morgan fingerprint density at radius 3 is 2.86 bits per heavy atom. The average Bonchev–Trinajstić information content (AvgIpc) is 2.72. The summed E-state index contributed by atoms with van der Waals surface area (Å²) >= 11 is 1.51. The number of fused-ring (bicyclic) bond motifs is 1. The predicted octanol–water partition coefficient (Wildman–Crippen LogP) is 0.997. The third-order valence-electron chi connectivity index (χ3n) is 3.44. The number of H-pyrrole nitrogens is 1. The van der Waals surface area contributed by atoms with E-state index in [1.807, 2.05) is 20.8 Å². The van der Waals surface area contributed by atoms with Gasteiger partial charge in [0.15, 0.2) is 0 Å². The highest BCUT2D eigenvalue weighted by Gasteiger charge is 2.13. The molecule has 2 rings (SSSR count). The van der Waals surface area contributed by atoms with Crippen molar-refractivity contribution in [3.63, 3.8) is 0 Å². The lowest BCUT2D eigenvalue weighted by molar-refractivity contribution is -0.121. The molecule has 6 nitrogen and oxygen atoms in total. The third-order valence-corrected chi connectivity index (χ3v) is 4.54. The molecule has 0 radical (unpaired) electrons. The van der Waals surface area contributed by atoms with Crippen molar-refractivity contribution in [1.82, 2.24) is 15.3 Å². The van der Waals surface area contributed by atoms with Gasteiger partial charge in [-0.05, 0) is 26.3 Å². The molecule has 0 saturated carbocycles. The van der Waals surface area contributed by atoms with Crippen LogP contribution < -0.4 is 16.6 Å². The van der Waals surface area contributed by atoms with E-state index in [1.165, 1.54) is 11.3 Å². The molecule has 0 aliphatic rings. The van der Waals surface area contributed by atoms with Crippen molar-refractivity contribution in [2.24, 2.45) is 5.73 Å². The minimum atomic E-state index is -0.132. The number of hydrogen-bond donors (Lipinski definition) is 3. The maximum atomic E-state index is 12.1. The zero-order valence-electron chi connectivity index (χ0n) is 12.4. The Bertz CT molecular complexity index is 720. The number of nitrogens with zero attached hydrogens (tertiary/aromatic N) is 1. The fourth-order valence-electron chi connectivity index (χ4n) is 2.06. The van der Waals surface area contributed by atoms with Crippen LogP contribution in [0.15, 0.2) is 4.79 Å². The van der Waals surface area contributed by atoms with Gasteiger partial charge in [-0.15, -0.1) is 11.3 Å². The number of thiophene rings is 1. The second-order valence-corrected chi connectivity index (χ2v) is 6.38. The van der Waals surface area contributed by atoms with E-state index < -0.39 is 0 Å². The summed E-state index contributed by atoms with van der Waals surface area (Å²) in [5, 5.41) is 3.44. The Morgan fingerprint density at radius 1 is 1.48 bits per heavy atom. The van der Waals surface area contributed by atoms with Gasteiger partial charge in [0.05, 0.1) is 5.39 Å². The van der Waals surface area contributed by atoms with E-state index in [0.717, 1.165) is 15.3 Å². The van der Waals surface area contributed by atoms with Gasteiger partial charge >= 0.3 is 0 Å². The lowest BCUT2D eigenvalue weighted by Crippen LogP contribution is -2.37. The lowest BCUT2D eigenvalue weighted by atomic mass is 10.2. The number of aryl methyl sites for hydroxylation is 3. The van der Waals surface area contributed by atoms with Crippen LogP contribution >= 0.6 is 11.3 Å². The second-order valence-electron chi connectivity index (χ2n) is 5.18. The van der Waals surface area contributed by atoms with Crippen LogP contribution in [-0.2, 0) is 11.2 Å². The largest absolute Gasteiger partial charge is 0.352 e. The highest BCUT2D eigenvalue weighted by atomic mass is 32.1. The molecule has 0 aromatic carbocycles. The summed E-state index contributed by atoms with van der Waals surface area (Å²) in [5.41, 5.74) is 6.30. The van der Waals surface area contributed by atoms with E-state index in [9.17, 15) is 9.59 Å². The number of nitrogens with two attached hydrogens (primary N) is 1. The van der Waals surface area contributed by atoms with E-state index >= 15 is 0 Å². The van der Waals surface area contributed by atoms with Gasteiger partial charge in [0.2, 0.25) is 5.91 Å². The fourth-order valence-corrected chi connectivity index (χ4v) is 3.10. The highest BCUT2D eigenvalue weighted by molar-refractivity contribution is 7.18. The molecule has 114 valence electrons.